The first-order chi connectivity index (χ1) is 15.5. The Morgan fingerprint density at radius 1 is 1.09 bits per heavy atom. The number of hydrogen-bond donors (Lipinski definition) is 0. The van der Waals surface area contributed by atoms with Crippen LogP contribution in [-0.4, -0.2) is 63.6 Å². The number of piperidine rings is 1. The van der Waals surface area contributed by atoms with Gasteiger partial charge in [0.2, 0.25) is 5.91 Å². The molecule has 0 aliphatic carbocycles. The Kier molecular flexibility index (Phi) is 6.64. The summed E-state index contributed by atoms with van der Waals surface area (Å²) in [6.45, 7) is 3.22. The SMILES string of the molecule is CCOC(=O)Cn1cc(C=C2SC(=O)N(CC(=O)N3CCCCC3)C2=O)c2ccccc21. The number of fused-ring (bicyclic) bond motifs is 1. The van der Waals surface area contributed by atoms with Crippen LogP contribution in [0.3, 0.4) is 0 Å². The van der Waals surface area contributed by atoms with Gasteiger partial charge in [0.05, 0.1) is 11.5 Å². The molecule has 0 N–H and O–H groups in total. The normalized spacial score (nSPS) is 18.1. The van der Waals surface area contributed by atoms with Crippen LogP contribution in [0.4, 0.5) is 4.79 Å². The van der Waals surface area contributed by atoms with Gasteiger partial charge in [0.25, 0.3) is 11.1 Å². The molecule has 32 heavy (non-hydrogen) atoms. The van der Waals surface area contributed by atoms with E-state index in [-0.39, 0.29) is 29.9 Å². The summed E-state index contributed by atoms with van der Waals surface area (Å²) in [5.74, 6) is -1.01. The molecule has 3 amide bonds. The molecule has 9 heteroatoms. The molecule has 0 spiro atoms. The molecule has 2 aliphatic rings. The van der Waals surface area contributed by atoms with Crippen LogP contribution >= 0.6 is 11.8 Å². The van der Waals surface area contributed by atoms with Crippen molar-refractivity contribution in [2.75, 3.05) is 26.2 Å². The third-order valence-electron chi connectivity index (χ3n) is 5.59. The number of ether oxygens (including phenoxy) is 1. The van der Waals surface area contributed by atoms with E-state index in [1.54, 1.807) is 28.7 Å². The number of carbonyl (C=O) groups is 4. The van der Waals surface area contributed by atoms with Crippen LogP contribution in [0.2, 0.25) is 0 Å². The van der Waals surface area contributed by atoms with Gasteiger partial charge in [0.1, 0.15) is 13.1 Å². The van der Waals surface area contributed by atoms with Gasteiger partial charge in [-0.15, -0.1) is 0 Å². The van der Waals surface area contributed by atoms with Gasteiger partial charge in [-0.1, -0.05) is 18.2 Å². The molecule has 2 fully saturated rings. The van der Waals surface area contributed by atoms with Gasteiger partial charge >= 0.3 is 5.97 Å². The van der Waals surface area contributed by atoms with E-state index in [0.717, 1.165) is 52.4 Å². The van der Waals surface area contributed by atoms with Crippen LogP contribution in [0.15, 0.2) is 35.4 Å². The summed E-state index contributed by atoms with van der Waals surface area (Å²) in [5.41, 5.74) is 1.55. The molecule has 3 heterocycles. The maximum atomic E-state index is 12.9. The minimum Gasteiger partial charge on any atom is -0.465 e. The number of amides is 3. The Labute approximate surface area is 190 Å². The number of imide groups is 1. The van der Waals surface area contributed by atoms with Crippen molar-refractivity contribution in [3.05, 3.63) is 40.9 Å². The van der Waals surface area contributed by atoms with E-state index in [0.29, 0.717) is 19.7 Å². The third kappa shape index (κ3) is 4.57. The Hall–Kier alpha value is -3.07. The van der Waals surface area contributed by atoms with Crippen molar-refractivity contribution in [1.82, 2.24) is 14.4 Å². The molecular formula is C23H25N3O5S. The molecule has 1 aromatic carbocycles. The fourth-order valence-corrected chi connectivity index (χ4v) is 4.85. The number of carbonyl (C=O) groups excluding carboxylic acids is 4. The number of hydrogen-bond acceptors (Lipinski definition) is 6. The second-order valence-corrected chi connectivity index (χ2v) is 8.74. The lowest BCUT2D eigenvalue weighted by Crippen LogP contribution is -2.44. The molecule has 0 bridgehead atoms. The van der Waals surface area contributed by atoms with E-state index >= 15 is 0 Å². The van der Waals surface area contributed by atoms with Crippen molar-refractivity contribution in [3.8, 4) is 0 Å². The molecule has 0 atom stereocenters. The largest absolute Gasteiger partial charge is 0.465 e. The summed E-state index contributed by atoms with van der Waals surface area (Å²) in [5, 5.41) is 0.412. The fraction of sp³-hybridized carbons (Fsp3) is 0.391. The number of thioether (sulfide) groups is 1. The molecule has 0 unspecified atom stereocenters. The molecule has 168 valence electrons. The second-order valence-electron chi connectivity index (χ2n) is 7.74. The lowest BCUT2D eigenvalue weighted by Gasteiger charge is -2.27. The second kappa shape index (κ2) is 9.60. The van der Waals surface area contributed by atoms with E-state index < -0.39 is 11.1 Å². The predicted octanol–water partition coefficient (Wildman–Crippen LogP) is 3.25. The summed E-state index contributed by atoms with van der Waals surface area (Å²) in [6.07, 6.45) is 6.42. The van der Waals surface area contributed by atoms with E-state index in [1.807, 2.05) is 24.3 Å². The first kappa shape index (κ1) is 22.1. The molecule has 1 aromatic heterocycles. The number of esters is 1. The lowest BCUT2D eigenvalue weighted by molar-refractivity contribution is -0.143. The van der Waals surface area contributed by atoms with Crippen LogP contribution in [0.25, 0.3) is 17.0 Å². The molecule has 0 radical (unpaired) electrons. The van der Waals surface area contributed by atoms with Gasteiger partial charge in [-0.25, -0.2) is 0 Å². The average Bonchev–Trinajstić information content (AvgIpc) is 3.26. The number of nitrogens with zero attached hydrogens (tertiary/aromatic N) is 3. The molecule has 8 nitrogen and oxygen atoms in total. The molecular weight excluding hydrogens is 430 g/mol. The van der Waals surface area contributed by atoms with Gasteiger partial charge < -0.3 is 14.2 Å². The highest BCUT2D eigenvalue weighted by atomic mass is 32.2. The summed E-state index contributed by atoms with van der Waals surface area (Å²) < 4.78 is 6.82. The number of benzene rings is 1. The topological polar surface area (TPSA) is 88.9 Å². The van der Waals surface area contributed by atoms with Crippen molar-refractivity contribution < 1.29 is 23.9 Å². The number of likely N-dealkylation sites (tertiary alicyclic amines) is 1. The maximum Gasteiger partial charge on any atom is 0.325 e. The van der Waals surface area contributed by atoms with Gasteiger partial charge in [0, 0.05) is 35.8 Å². The van der Waals surface area contributed by atoms with Crippen LogP contribution in [0.1, 0.15) is 31.7 Å². The number of rotatable bonds is 6. The molecule has 2 aromatic rings. The third-order valence-corrected chi connectivity index (χ3v) is 6.49. The van der Waals surface area contributed by atoms with Crippen molar-refractivity contribution >= 4 is 51.8 Å². The molecule has 2 saturated heterocycles. The summed E-state index contributed by atoms with van der Waals surface area (Å²) in [6, 6.07) is 7.52. The quantitative estimate of drug-likeness (QED) is 0.491. The van der Waals surface area contributed by atoms with Gasteiger partial charge in [0.15, 0.2) is 0 Å². The summed E-state index contributed by atoms with van der Waals surface area (Å²) >= 11 is 0.832. The van der Waals surface area contributed by atoms with Crippen molar-refractivity contribution in [3.63, 3.8) is 0 Å². The molecule has 4 rings (SSSR count). The Morgan fingerprint density at radius 2 is 1.84 bits per heavy atom. The van der Waals surface area contributed by atoms with Gasteiger partial charge in [-0.3, -0.25) is 24.1 Å². The average molecular weight is 456 g/mol. The minimum atomic E-state index is -0.465. The van der Waals surface area contributed by atoms with Crippen molar-refractivity contribution in [2.24, 2.45) is 0 Å². The smallest absolute Gasteiger partial charge is 0.325 e. The zero-order valence-electron chi connectivity index (χ0n) is 17.9. The highest BCUT2D eigenvalue weighted by Gasteiger charge is 2.37. The molecule has 2 aliphatic heterocycles. The van der Waals surface area contributed by atoms with E-state index in [4.69, 9.17) is 4.74 Å². The summed E-state index contributed by atoms with van der Waals surface area (Å²) in [4.78, 5) is 52.9. The molecule has 0 saturated carbocycles. The zero-order valence-corrected chi connectivity index (χ0v) is 18.7. The lowest BCUT2D eigenvalue weighted by atomic mass is 10.1. The van der Waals surface area contributed by atoms with Gasteiger partial charge in [-0.2, -0.15) is 0 Å². The van der Waals surface area contributed by atoms with Gasteiger partial charge in [-0.05, 0) is 50.1 Å². The van der Waals surface area contributed by atoms with Crippen molar-refractivity contribution in [2.45, 2.75) is 32.7 Å². The number of para-hydroxylation sites is 1. The van der Waals surface area contributed by atoms with E-state index in [2.05, 4.69) is 0 Å². The van der Waals surface area contributed by atoms with E-state index in [1.165, 1.54) is 0 Å². The van der Waals surface area contributed by atoms with Crippen LogP contribution in [-0.2, 0) is 25.7 Å². The maximum absolute atomic E-state index is 12.9. The van der Waals surface area contributed by atoms with Crippen LogP contribution in [0, 0.1) is 0 Å². The monoisotopic (exact) mass is 455 g/mol. The first-order valence-electron chi connectivity index (χ1n) is 10.7. The van der Waals surface area contributed by atoms with E-state index in [9.17, 15) is 19.2 Å². The first-order valence-corrected chi connectivity index (χ1v) is 11.6. The number of aromatic nitrogens is 1. The Morgan fingerprint density at radius 3 is 2.59 bits per heavy atom. The van der Waals surface area contributed by atoms with Crippen LogP contribution < -0.4 is 0 Å². The standard InChI is InChI=1S/C23H25N3O5S/c1-2-31-21(28)15-25-13-16(17-8-4-5-9-18(17)25)12-19-22(29)26(23(30)32-19)14-20(27)24-10-6-3-7-11-24/h4-5,8-9,12-13H,2-3,6-7,10-11,14-15H2,1H3. The van der Waals surface area contributed by atoms with Crippen LogP contribution in [0.5, 0.6) is 0 Å². The highest BCUT2D eigenvalue weighted by Crippen LogP contribution is 2.34. The zero-order chi connectivity index (χ0) is 22.7. The minimum absolute atomic E-state index is 0.0496. The summed E-state index contributed by atoms with van der Waals surface area (Å²) in [7, 11) is 0. The highest BCUT2D eigenvalue weighted by molar-refractivity contribution is 8.18. The Bertz CT molecular complexity index is 1100. The van der Waals surface area contributed by atoms with Crippen molar-refractivity contribution in [1.29, 1.82) is 0 Å². The predicted molar refractivity (Wildman–Crippen MR) is 122 cm³/mol. The Balaban J connectivity index is 1.56. The fourth-order valence-electron chi connectivity index (χ4n) is 4.02.